The molecule has 0 unspecified atom stereocenters. The minimum atomic E-state index is -0.0698. The highest BCUT2D eigenvalue weighted by atomic mass is 16.2. The summed E-state index contributed by atoms with van der Waals surface area (Å²) in [6.45, 7) is 2.43. The predicted molar refractivity (Wildman–Crippen MR) is 73.1 cm³/mol. The minimum absolute atomic E-state index is 0.0698. The van der Waals surface area contributed by atoms with Gasteiger partial charge in [0.25, 0.3) is 0 Å². The lowest BCUT2D eigenvalue weighted by Gasteiger charge is -2.12. The molecule has 5 heteroatoms. The van der Waals surface area contributed by atoms with Crippen molar-refractivity contribution in [2.75, 3.05) is 7.05 Å². The van der Waals surface area contributed by atoms with Crippen LogP contribution in [0.3, 0.4) is 0 Å². The van der Waals surface area contributed by atoms with Gasteiger partial charge in [0.05, 0.1) is 6.54 Å². The Morgan fingerprint density at radius 3 is 2.89 bits per heavy atom. The van der Waals surface area contributed by atoms with Crippen LogP contribution in [0.4, 0.5) is 0 Å². The lowest BCUT2D eigenvalue weighted by atomic mass is 10.1. The first-order valence-electron chi connectivity index (χ1n) is 6.00. The van der Waals surface area contributed by atoms with Gasteiger partial charge in [-0.25, -0.2) is 4.98 Å². The Morgan fingerprint density at radius 2 is 2.21 bits per heavy atom. The molecule has 98 valence electrons. The minimum Gasteiger partial charge on any atom is -0.335 e. The Labute approximate surface area is 112 Å². The zero-order chi connectivity index (χ0) is 13.7. The van der Waals surface area contributed by atoms with Crippen molar-refractivity contribution in [2.24, 2.45) is 0 Å². The van der Waals surface area contributed by atoms with E-state index in [1.807, 2.05) is 37.3 Å². The lowest BCUT2D eigenvalue weighted by molar-refractivity contribution is -0.125. The van der Waals surface area contributed by atoms with Gasteiger partial charge in [-0.3, -0.25) is 9.89 Å². The summed E-state index contributed by atoms with van der Waals surface area (Å²) >= 11 is 0. The van der Waals surface area contributed by atoms with Crippen LogP contribution in [0.25, 0.3) is 6.08 Å². The van der Waals surface area contributed by atoms with Crippen molar-refractivity contribution in [3.8, 4) is 0 Å². The fourth-order valence-corrected chi connectivity index (χ4v) is 1.67. The van der Waals surface area contributed by atoms with Gasteiger partial charge < -0.3 is 4.90 Å². The summed E-state index contributed by atoms with van der Waals surface area (Å²) in [6, 6.07) is 7.93. The van der Waals surface area contributed by atoms with Gasteiger partial charge >= 0.3 is 0 Å². The summed E-state index contributed by atoms with van der Waals surface area (Å²) < 4.78 is 0. The number of amides is 1. The molecule has 19 heavy (non-hydrogen) atoms. The zero-order valence-corrected chi connectivity index (χ0v) is 11.0. The van der Waals surface area contributed by atoms with Crippen LogP contribution in [-0.2, 0) is 11.3 Å². The Kier molecular flexibility index (Phi) is 4.07. The molecule has 1 heterocycles. The Morgan fingerprint density at radius 1 is 1.42 bits per heavy atom. The SMILES string of the molecule is Cc1ccccc1C=CC(=O)N(C)Cc1ncn[nH]1. The molecule has 0 saturated heterocycles. The average molecular weight is 256 g/mol. The van der Waals surface area contributed by atoms with Gasteiger partial charge in [0.15, 0.2) is 0 Å². The second-order valence-corrected chi connectivity index (χ2v) is 4.32. The zero-order valence-electron chi connectivity index (χ0n) is 11.0. The van der Waals surface area contributed by atoms with Crippen LogP contribution in [0.2, 0.25) is 0 Å². The lowest BCUT2D eigenvalue weighted by Crippen LogP contribution is -2.24. The number of hydrogen-bond donors (Lipinski definition) is 1. The number of H-pyrrole nitrogens is 1. The van der Waals surface area contributed by atoms with Gasteiger partial charge in [0.1, 0.15) is 12.2 Å². The molecule has 2 aromatic rings. The van der Waals surface area contributed by atoms with E-state index < -0.39 is 0 Å². The molecule has 0 atom stereocenters. The van der Waals surface area contributed by atoms with E-state index in [0.29, 0.717) is 12.4 Å². The Hall–Kier alpha value is -2.43. The van der Waals surface area contributed by atoms with E-state index in [1.54, 1.807) is 18.0 Å². The molecule has 1 aromatic heterocycles. The number of nitrogens with one attached hydrogen (secondary N) is 1. The first-order chi connectivity index (χ1) is 9.16. The molecule has 0 radical (unpaired) electrons. The number of rotatable bonds is 4. The molecule has 2 rings (SSSR count). The molecule has 5 nitrogen and oxygen atoms in total. The van der Waals surface area contributed by atoms with Crippen molar-refractivity contribution < 1.29 is 4.79 Å². The maximum absolute atomic E-state index is 11.9. The van der Waals surface area contributed by atoms with Crippen LogP contribution in [0.5, 0.6) is 0 Å². The molecule has 1 amide bonds. The van der Waals surface area contributed by atoms with Crippen molar-refractivity contribution in [3.63, 3.8) is 0 Å². The number of likely N-dealkylation sites (N-methyl/N-ethyl adjacent to an activating group) is 1. The Balaban J connectivity index is 1.99. The quantitative estimate of drug-likeness (QED) is 0.848. The standard InChI is InChI=1S/C14H16N4O/c1-11-5-3-4-6-12(11)7-8-14(19)18(2)9-13-15-10-16-17-13/h3-8,10H,9H2,1-2H3,(H,15,16,17). The first-order valence-corrected chi connectivity index (χ1v) is 6.00. The Bertz CT molecular complexity index is 575. The predicted octanol–water partition coefficient (Wildman–Crippen LogP) is 1.78. The van der Waals surface area contributed by atoms with Gasteiger partial charge in [-0.05, 0) is 24.1 Å². The smallest absolute Gasteiger partial charge is 0.246 e. The van der Waals surface area contributed by atoms with Crippen LogP contribution in [0.1, 0.15) is 17.0 Å². The second-order valence-electron chi connectivity index (χ2n) is 4.32. The summed E-state index contributed by atoms with van der Waals surface area (Å²) in [6.07, 6.45) is 4.82. The first kappa shape index (κ1) is 13.0. The van der Waals surface area contributed by atoms with E-state index >= 15 is 0 Å². The second kappa shape index (κ2) is 5.95. The number of nitrogens with zero attached hydrogens (tertiary/aromatic N) is 3. The maximum Gasteiger partial charge on any atom is 0.246 e. The van der Waals surface area contributed by atoms with Gasteiger partial charge in [-0.15, -0.1) is 0 Å². The molecule has 0 aliphatic heterocycles. The van der Waals surface area contributed by atoms with E-state index in [2.05, 4.69) is 15.2 Å². The van der Waals surface area contributed by atoms with Gasteiger partial charge in [0, 0.05) is 13.1 Å². The number of aromatic amines is 1. The van der Waals surface area contributed by atoms with Crippen LogP contribution >= 0.6 is 0 Å². The van der Waals surface area contributed by atoms with E-state index in [1.165, 1.54) is 6.33 Å². The number of aromatic nitrogens is 3. The number of carbonyl (C=O) groups excluding carboxylic acids is 1. The molecule has 0 fully saturated rings. The van der Waals surface area contributed by atoms with Gasteiger partial charge in [-0.2, -0.15) is 5.10 Å². The van der Waals surface area contributed by atoms with Gasteiger partial charge in [0.2, 0.25) is 5.91 Å². The molecule has 0 bridgehead atoms. The third kappa shape index (κ3) is 3.51. The fraction of sp³-hybridized carbons (Fsp3) is 0.214. The summed E-state index contributed by atoms with van der Waals surface area (Å²) in [5.74, 6) is 0.597. The molecule has 1 aromatic carbocycles. The summed E-state index contributed by atoms with van der Waals surface area (Å²) in [4.78, 5) is 17.5. The third-order valence-electron chi connectivity index (χ3n) is 2.82. The van der Waals surface area contributed by atoms with E-state index in [0.717, 1.165) is 11.1 Å². The van der Waals surface area contributed by atoms with Crippen molar-refractivity contribution in [1.82, 2.24) is 20.1 Å². The molecular weight excluding hydrogens is 240 g/mol. The van der Waals surface area contributed by atoms with Crippen LogP contribution in [-0.4, -0.2) is 33.0 Å². The van der Waals surface area contributed by atoms with Gasteiger partial charge in [-0.1, -0.05) is 24.3 Å². The van der Waals surface area contributed by atoms with Crippen LogP contribution < -0.4 is 0 Å². The van der Waals surface area contributed by atoms with E-state index in [4.69, 9.17) is 0 Å². The molecular formula is C14H16N4O. The highest BCUT2D eigenvalue weighted by molar-refractivity contribution is 5.91. The topological polar surface area (TPSA) is 61.9 Å². The molecule has 0 aliphatic rings. The van der Waals surface area contributed by atoms with E-state index in [-0.39, 0.29) is 5.91 Å². The number of carbonyl (C=O) groups is 1. The van der Waals surface area contributed by atoms with Crippen molar-refractivity contribution in [1.29, 1.82) is 0 Å². The highest BCUT2D eigenvalue weighted by Crippen LogP contribution is 2.09. The largest absolute Gasteiger partial charge is 0.335 e. The van der Waals surface area contributed by atoms with E-state index in [9.17, 15) is 4.79 Å². The normalized spacial score (nSPS) is 10.8. The average Bonchev–Trinajstić information content (AvgIpc) is 2.90. The molecule has 0 aliphatic carbocycles. The molecule has 0 spiro atoms. The van der Waals surface area contributed by atoms with Crippen molar-refractivity contribution in [3.05, 3.63) is 53.6 Å². The van der Waals surface area contributed by atoms with Crippen LogP contribution in [0.15, 0.2) is 36.7 Å². The number of benzene rings is 1. The highest BCUT2D eigenvalue weighted by Gasteiger charge is 2.07. The number of aryl methyl sites for hydroxylation is 1. The number of hydrogen-bond acceptors (Lipinski definition) is 3. The van der Waals surface area contributed by atoms with Crippen LogP contribution in [0, 0.1) is 6.92 Å². The summed E-state index contributed by atoms with van der Waals surface area (Å²) in [7, 11) is 1.73. The maximum atomic E-state index is 11.9. The van der Waals surface area contributed by atoms with Crippen molar-refractivity contribution >= 4 is 12.0 Å². The third-order valence-corrected chi connectivity index (χ3v) is 2.82. The van der Waals surface area contributed by atoms with Crippen molar-refractivity contribution in [2.45, 2.75) is 13.5 Å². The summed E-state index contributed by atoms with van der Waals surface area (Å²) in [5.41, 5.74) is 2.19. The summed E-state index contributed by atoms with van der Waals surface area (Å²) in [5, 5.41) is 6.47. The fourth-order valence-electron chi connectivity index (χ4n) is 1.67. The molecule has 1 N–H and O–H groups in total. The monoisotopic (exact) mass is 256 g/mol. The molecule has 0 saturated carbocycles.